The van der Waals surface area contributed by atoms with Crippen molar-refractivity contribution in [3.05, 3.63) is 60.0 Å². The van der Waals surface area contributed by atoms with E-state index in [9.17, 15) is 4.79 Å². The third-order valence-electron chi connectivity index (χ3n) is 6.13. The molecule has 1 N–H and O–H groups in total. The SMILES string of the molecule is COc1cccc(NC(=O)C2CCN(Cc3nc(-c4ccc(C(C)(C)C)cc4)no3)CC2)c1. The number of carbonyl (C=O) groups is 1. The number of hydrogen-bond acceptors (Lipinski definition) is 6. The van der Waals surface area contributed by atoms with Gasteiger partial charge in [-0.3, -0.25) is 9.69 Å². The molecule has 0 saturated carbocycles. The highest BCUT2D eigenvalue weighted by Gasteiger charge is 2.26. The van der Waals surface area contributed by atoms with E-state index in [-0.39, 0.29) is 17.2 Å². The van der Waals surface area contributed by atoms with Crippen molar-refractivity contribution in [2.45, 2.75) is 45.6 Å². The quantitative estimate of drug-likeness (QED) is 0.578. The molecule has 1 saturated heterocycles. The predicted octanol–water partition coefficient (Wildman–Crippen LogP) is 4.89. The first-order chi connectivity index (χ1) is 15.8. The molecule has 3 aromatic rings. The van der Waals surface area contributed by atoms with Crippen LogP contribution in [0.15, 0.2) is 53.1 Å². The molecule has 1 amide bonds. The number of rotatable bonds is 6. The van der Waals surface area contributed by atoms with Crippen molar-refractivity contribution < 1.29 is 14.1 Å². The first-order valence-corrected chi connectivity index (χ1v) is 11.4. The predicted molar refractivity (Wildman–Crippen MR) is 128 cm³/mol. The highest BCUT2D eigenvalue weighted by molar-refractivity contribution is 5.92. The number of likely N-dealkylation sites (tertiary alicyclic amines) is 1. The molecular weight excluding hydrogens is 416 g/mol. The molecule has 7 nitrogen and oxygen atoms in total. The Hall–Kier alpha value is -3.19. The van der Waals surface area contributed by atoms with Gasteiger partial charge >= 0.3 is 0 Å². The van der Waals surface area contributed by atoms with Gasteiger partial charge in [0.1, 0.15) is 5.75 Å². The number of hydrogen-bond donors (Lipinski definition) is 1. The number of methoxy groups -OCH3 is 1. The Morgan fingerprint density at radius 1 is 1.15 bits per heavy atom. The molecule has 0 spiro atoms. The van der Waals surface area contributed by atoms with Crippen LogP contribution in [0.3, 0.4) is 0 Å². The molecule has 1 aliphatic rings. The van der Waals surface area contributed by atoms with Crippen LogP contribution in [0, 0.1) is 5.92 Å². The number of carbonyl (C=O) groups excluding carboxylic acids is 1. The standard InChI is InChI=1S/C26H32N4O3/c1-26(2,3)20-10-8-18(9-11-20)24-28-23(33-29-24)17-30-14-12-19(13-15-30)25(31)27-21-6-5-7-22(16-21)32-4/h5-11,16,19H,12-15,17H2,1-4H3,(H,27,31). The van der Waals surface area contributed by atoms with Gasteiger partial charge in [-0.15, -0.1) is 0 Å². The lowest BCUT2D eigenvalue weighted by Gasteiger charge is -2.30. The lowest BCUT2D eigenvalue weighted by atomic mass is 9.87. The molecule has 2 aromatic carbocycles. The van der Waals surface area contributed by atoms with E-state index < -0.39 is 0 Å². The molecule has 0 atom stereocenters. The van der Waals surface area contributed by atoms with Crippen LogP contribution in [-0.4, -0.2) is 41.1 Å². The van der Waals surface area contributed by atoms with E-state index >= 15 is 0 Å². The Kier molecular flexibility index (Phi) is 6.79. The lowest BCUT2D eigenvalue weighted by molar-refractivity contribution is -0.121. The van der Waals surface area contributed by atoms with Gasteiger partial charge in [-0.05, 0) is 49.0 Å². The zero-order chi connectivity index (χ0) is 23.4. The average Bonchev–Trinajstić information content (AvgIpc) is 3.27. The second-order valence-corrected chi connectivity index (χ2v) is 9.61. The van der Waals surface area contributed by atoms with Crippen LogP contribution in [0.4, 0.5) is 5.69 Å². The first kappa shape index (κ1) is 23.0. The number of nitrogens with one attached hydrogen (secondary N) is 1. The molecule has 2 heterocycles. The van der Waals surface area contributed by atoms with Crippen molar-refractivity contribution in [2.75, 3.05) is 25.5 Å². The largest absolute Gasteiger partial charge is 0.497 e. The van der Waals surface area contributed by atoms with E-state index in [4.69, 9.17) is 9.26 Å². The fourth-order valence-electron chi connectivity index (χ4n) is 4.05. The van der Waals surface area contributed by atoms with Crippen LogP contribution in [0.5, 0.6) is 5.75 Å². The van der Waals surface area contributed by atoms with E-state index in [0.29, 0.717) is 18.3 Å². The zero-order valence-corrected chi connectivity index (χ0v) is 19.8. The lowest BCUT2D eigenvalue weighted by Crippen LogP contribution is -2.37. The summed E-state index contributed by atoms with van der Waals surface area (Å²) >= 11 is 0. The Morgan fingerprint density at radius 3 is 2.55 bits per heavy atom. The van der Waals surface area contributed by atoms with Gasteiger partial charge in [0, 0.05) is 23.2 Å². The third kappa shape index (κ3) is 5.79. The fourth-order valence-corrected chi connectivity index (χ4v) is 4.05. The maximum atomic E-state index is 12.7. The Labute approximate surface area is 195 Å². The topological polar surface area (TPSA) is 80.5 Å². The number of aromatic nitrogens is 2. The molecular formula is C26H32N4O3. The molecule has 33 heavy (non-hydrogen) atoms. The summed E-state index contributed by atoms with van der Waals surface area (Å²) in [6.45, 7) is 8.81. The van der Waals surface area contributed by atoms with Crippen molar-refractivity contribution in [1.82, 2.24) is 15.0 Å². The second-order valence-electron chi connectivity index (χ2n) is 9.61. The Balaban J connectivity index is 1.29. The summed E-state index contributed by atoms with van der Waals surface area (Å²) < 4.78 is 10.7. The minimum atomic E-state index is -0.00738. The van der Waals surface area contributed by atoms with Gasteiger partial charge in [0.25, 0.3) is 0 Å². The number of nitrogens with zero attached hydrogens (tertiary/aromatic N) is 3. The molecule has 1 aliphatic heterocycles. The van der Waals surface area contributed by atoms with Crippen molar-refractivity contribution in [1.29, 1.82) is 0 Å². The summed E-state index contributed by atoms with van der Waals surface area (Å²) in [6, 6.07) is 15.8. The third-order valence-corrected chi connectivity index (χ3v) is 6.13. The second kappa shape index (κ2) is 9.75. The monoisotopic (exact) mass is 448 g/mol. The number of amides is 1. The van der Waals surface area contributed by atoms with Gasteiger partial charge in [0.2, 0.25) is 17.6 Å². The molecule has 0 unspecified atom stereocenters. The van der Waals surface area contributed by atoms with Gasteiger partial charge in [0.05, 0.1) is 13.7 Å². The summed E-state index contributed by atoms with van der Waals surface area (Å²) in [5.41, 5.74) is 3.09. The number of ether oxygens (including phenoxy) is 1. The maximum absolute atomic E-state index is 12.7. The highest BCUT2D eigenvalue weighted by atomic mass is 16.5. The molecule has 174 valence electrons. The van der Waals surface area contributed by atoms with Crippen molar-refractivity contribution in [2.24, 2.45) is 5.92 Å². The minimum Gasteiger partial charge on any atom is -0.497 e. The van der Waals surface area contributed by atoms with Crippen LogP contribution in [-0.2, 0) is 16.8 Å². The zero-order valence-electron chi connectivity index (χ0n) is 19.8. The van der Waals surface area contributed by atoms with Gasteiger partial charge in [0.15, 0.2) is 0 Å². The molecule has 1 fully saturated rings. The fraction of sp³-hybridized carbons (Fsp3) is 0.423. The van der Waals surface area contributed by atoms with Crippen LogP contribution >= 0.6 is 0 Å². The molecule has 0 bridgehead atoms. The Bertz CT molecular complexity index is 1080. The van der Waals surface area contributed by atoms with Gasteiger partial charge < -0.3 is 14.6 Å². The molecule has 1 aromatic heterocycles. The smallest absolute Gasteiger partial charge is 0.241 e. The minimum absolute atomic E-state index is 0.00738. The van der Waals surface area contributed by atoms with E-state index in [2.05, 4.69) is 53.3 Å². The van der Waals surface area contributed by atoms with Crippen molar-refractivity contribution in [3.8, 4) is 17.1 Å². The Morgan fingerprint density at radius 2 is 1.88 bits per heavy atom. The van der Waals surface area contributed by atoms with Gasteiger partial charge in [-0.25, -0.2) is 0 Å². The van der Waals surface area contributed by atoms with Crippen LogP contribution in [0.1, 0.15) is 45.1 Å². The van der Waals surface area contributed by atoms with Gasteiger partial charge in [-0.1, -0.05) is 56.3 Å². The number of anilines is 1. The van der Waals surface area contributed by atoms with Crippen LogP contribution in [0.25, 0.3) is 11.4 Å². The maximum Gasteiger partial charge on any atom is 0.241 e. The summed E-state index contributed by atoms with van der Waals surface area (Å²) in [5, 5.41) is 7.17. The van der Waals surface area contributed by atoms with E-state index in [0.717, 1.165) is 42.9 Å². The van der Waals surface area contributed by atoms with E-state index in [1.54, 1.807) is 7.11 Å². The number of benzene rings is 2. The molecule has 0 aliphatic carbocycles. The molecule has 4 rings (SSSR count). The van der Waals surface area contributed by atoms with E-state index in [1.807, 2.05) is 36.4 Å². The molecule has 7 heteroatoms. The summed E-state index contributed by atoms with van der Waals surface area (Å²) in [4.78, 5) is 19.5. The summed E-state index contributed by atoms with van der Waals surface area (Å²) in [5.74, 6) is 1.99. The first-order valence-electron chi connectivity index (χ1n) is 11.4. The summed E-state index contributed by atoms with van der Waals surface area (Å²) in [7, 11) is 1.62. The van der Waals surface area contributed by atoms with Crippen LogP contribution in [0.2, 0.25) is 0 Å². The molecule has 0 radical (unpaired) electrons. The van der Waals surface area contributed by atoms with Crippen molar-refractivity contribution in [3.63, 3.8) is 0 Å². The number of piperidine rings is 1. The normalized spacial score (nSPS) is 15.4. The van der Waals surface area contributed by atoms with Crippen LogP contribution < -0.4 is 10.1 Å². The van der Waals surface area contributed by atoms with E-state index in [1.165, 1.54) is 5.56 Å². The highest BCUT2D eigenvalue weighted by Crippen LogP contribution is 2.26. The average molecular weight is 449 g/mol. The summed E-state index contributed by atoms with van der Waals surface area (Å²) in [6.07, 6.45) is 1.59. The van der Waals surface area contributed by atoms with Crippen molar-refractivity contribution >= 4 is 11.6 Å². The van der Waals surface area contributed by atoms with Gasteiger partial charge in [-0.2, -0.15) is 4.98 Å².